The number of para-hydroxylation sites is 1. The summed E-state index contributed by atoms with van der Waals surface area (Å²) in [6, 6.07) is 9.46. The SMILES string of the molecule is CCC1C2CCN(C)C1c1c([nH]c3ccccc13)C2C. The Balaban J connectivity index is 2.00. The fourth-order valence-corrected chi connectivity index (χ4v) is 4.92. The highest BCUT2D eigenvalue weighted by atomic mass is 15.2. The summed E-state index contributed by atoms with van der Waals surface area (Å²) >= 11 is 0. The minimum Gasteiger partial charge on any atom is -0.358 e. The second-order valence-electron chi connectivity index (χ2n) is 6.74. The molecule has 2 heteroatoms. The van der Waals surface area contributed by atoms with E-state index in [1.54, 1.807) is 5.56 Å². The van der Waals surface area contributed by atoms with E-state index in [0.29, 0.717) is 12.0 Å². The number of nitrogens with zero attached hydrogens (tertiary/aromatic N) is 1. The third-order valence-electron chi connectivity index (χ3n) is 5.89. The van der Waals surface area contributed by atoms with Crippen molar-refractivity contribution in [1.29, 1.82) is 0 Å². The van der Waals surface area contributed by atoms with Crippen LogP contribution in [0.1, 0.15) is 49.9 Å². The topological polar surface area (TPSA) is 19.0 Å². The lowest BCUT2D eigenvalue weighted by Gasteiger charge is -2.50. The normalized spacial score (nSPS) is 33.4. The maximum Gasteiger partial charge on any atom is 0.0459 e. The molecule has 1 saturated heterocycles. The zero-order valence-corrected chi connectivity index (χ0v) is 12.7. The van der Waals surface area contributed by atoms with E-state index in [2.05, 4.69) is 55.0 Å². The summed E-state index contributed by atoms with van der Waals surface area (Å²) in [5, 5.41) is 1.45. The van der Waals surface area contributed by atoms with Crippen LogP contribution in [0.25, 0.3) is 10.9 Å². The van der Waals surface area contributed by atoms with E-state index in [1.165, 1.54) is 36.0 Å². The van der Waals surface area contributed by atoms with Crippen LogP contribution in [0.5, 0.6) is 0 Å². The fourth-order valence-electron chi connectivity index (χ4n) is 4.92. The molecule has 0 amide bonds. The van der Waals surface area contributed by atoms with E-state index in [1.807, 2.05) is 0 Å². The lowest BCUT2D eigenvalue weighted by atomic mass is 9.64. The smallest absolute Gasteiger partial charge is 0.0459 e. The number of benzene rings is 1. The molecule has 0 radical (unpaired) electrons. The maximum absolute atomic E-state index is 3.73. The van der Waals surface area contributed by atoms with Crippen molar-refractivity contribution in [3.63, 3.8) is 0 Å². The molecule has 20 heavy (non-hydrogen) atoms. The molecule has 1 aliphatic heterocycles. The molecule has 1 aromatic carbocycles. The molecular weight excluding hydrogens is 244 g/mol. The van der Waals surface area contributed by atoms with Crippen LogP contribution in [-0.4, -0.2) is 23.5 Å². The summed E-state index contributed by atoms with van der Waals surface area (Å²) in [6.45, 7) is 6.05. The molecule has 2 aliphatic rings. The highest BCUT2D eigenvalue weighted by Crippen LogP contribution is 2.54. The number of likely N-dealkylation sites (tertiary alicyclic amines) is 1. The molecule has 1 aliphatic carbocycles. The Morgan fingerprint density at radius 1 is 1.30 bits per heavy atom. The Kier molecular flexibility index (Phi) is 2.71. The summed E-state index contributed by atoms with van der Waals surface area (Å²) in [5.41, 5.74) is 4.43. The molecule has 2 aromatic rings. The molecular formula is C18H24N2. The predicted octanol–water partition coefficient (Wildman–Crippen LogP) is 4.30. The fraction of sp³-hybridized carbons (Fsp3) is 0.556. The van der Waals surface area contributed by atoms with Crippen molar-refractivity contribution in [2.24, 2.45) is 11.8 Å². The van der Waals surface area contributed by atoms with Gasteiger partial charge in [-0.2, -0.15) is 0 Å². The zero-order chi connectivity index (χ0) is 13.9. The monoisotopic (exact) mass is 268 g/mol. The van der Waals surface area contributed by atoms with E-state index in [-0.39, 0.29) is 0 Å². The van der Waals surface area contributed by atoms with Gasteiger partial charge in [-0.05, 0) is 49.4 Å². The van der Waals surface area contributed by atoms with Crippen molar-refractivity contribution in [2.45, 2.75) is 38.6 Å². The van der Waals surface area contributed by atoms with Gasteiger partial charge in [-0.15, -0.1) is 0 Å². The maximum atomic E-state index is 3.73. The van der Waals surface area contributed by atoms with Crippen LogP contribution >= 0.6 is 0 Å². The highest BCUT2D eigenvalue weighted by Gasteiger charge is 2.46. The minimum absolute atomic E-state index is 0.612. The number of nitrogens with one attached hydrogen (secondary N) is 1. The molecule has 2 bridgehead atoms. The molecule has 4 rings (SSSR count). The number of fused-ring (bicyclic) bond motifs is 6. The Hall–Kier alpha value is -1.28. The standard InChI is InChI=1S/C18H24N2/c1-4-12-13-9-10-20(3)18(12)16-14-7-5-6-8-15(14)19-17(16)11(13)2/h5-8,11-13,18-19H,4,9-10H2,1-3H3. The number of aromatic amines is 1. The Labute approximate surface area is 121 Å². The van der Waals surface area contributed by atoms with Crippen LogP contribution in [0.15, 0.2) is 24.3 Å². The van der Waals surface area contributed by atoms with Gasteiger partial charge in [0.1, 0.15) is 0 Å². The first-order valence-corrected chi connectivity index (χ1v) is 8.03. The molecule has 0 saturated carbocycles. The first-order chi connectivity index (χ1) is 9.72. The van der Waals surface area contributed by atoms with Gasteiger partial charge in [-0.1, -0.05) is 38.5 Å². The molecule has 0 spiro atoms. The first-order valence-electron chi connectivity index (χ1n) is 8.03. The van der Waals surface area contributed by atoms with Crippen LogP contribution in [-0.2, 0) is 0 Å². The van der Waals surface area contributed by atoms with Gasteiger partial charge in [0.2, 0.25) is 0 Å². The average molecular weight is 268 g/mol. The summed E-state index contributed by atoms with van der Waals surface area (Å²) in [7, 11) is 2.31. The Morgan fingerprint density at radius 2 is 2.10 bits per heavy atom. The second-order valence-corrected chi connectivity index (χ2v) is 6.74. The molecule has 1 aromatic heterocycles. The lowest BCUT2D eigenvalue weighted by Crippen LogP contribution is -2.46. The van der Waals surface area contributed by atoms with Crippen LogP contribution < -0.4 is 0 Å². The zero-order valence-electron chi connectivity index (χ0n) is 12.7. The summed E-state index contributed by atoms with van der Waals surface area (Å²) in [4.78, 5) is 6.33. The van der Waals surface area contributed by atoms with E-state index in [9.17, 15) is 0 Å². The van der Waals surface area contributed by atoms with Gasteiger partial charge in [0, 0.05) is 22.6 Å². The Morgan fingerprint density at radius 3 is 2.90 bits per heavy atom. The molecule has 4 atom stereocenters. The largest absolute Gasteiger partial charge is 0.358 e. The number of hydrogen-bond acceptors (Lipinski definition) is 1. The van der Waals surface area contributed by atoms with Gasteiger partial charge in [0.05, 0.1) is 0 Å². The number of rotatable bonds is 1. The van der Waals surface area contributed by atoms with Gasteiger partial charge in [-0.25, -0.2) is 0 Å². The number of H-pyrrole nitrogens is 1. The third-order valence-corrected chi connectivity index (χ3v) is 5.89. The first kappa shape index (κ1) is 12.5. The van der Waals surface area contributed by atoms with Gasteiger partial charge < -0.3 is 4.98 Å². The average Bonchev–Trinajstić information content (AvgIpc) is 2.85. The van der Waals surface area contributed by atoms with E-state index in [4.69, 9.17) is 0 Å². The lowest BCUT2D eigenvalue weighted by molar-refractivity contribution is 0.0402. The van der Waals surface area contributed by atoms with Gasteiger partial charge in [-0.3, -0.25) is 4.90 Å². The van der Waals surface area contributed by atoms with Crippen molar-refractivity contribution in [3.05, 3.63) is 35.5 Å². The van der Waals surface area contributed by atoms with E-state index >= 15 is 0 Å². The molecule has 2 heterocycles. The van der Waals surface area contributed by atoms with E-state index in [0.717, 1.165) is 11.8 Å². The molecule has 2 nitrogen and oxygen atoms in total. The second kappa shape index (κ2) is 4.36. The van der Waals surface area contributed by atoms with Crippen LogP contribution in [0.2, 0.25) is 0 Å². The molecule has 1 fully saturated rings. The Bertz CT molecular complexity index is 642. The number of piperidine rings is 1. The molecule has 106 valence electrons. The van der Waals surface area contributed by atoms with Gasteiger partial charge >= 0.3 is 0 Å². The number of aromatic nitrogens is 1. The summed E-state index contributed by atoms with van der Waals surface area (Å²) in [5.74, 6) is 2.34. The molecule has 4 unspecified atom stereocenters. The number of hydrogen-bond donors (Lipinski definition) is 1. The van der Waals surface area contributed by atoms with Crippen LogP contribution in [0.4, 0.5) is 0 Å². The molecule has 1 N–H and O–H groups in total. The van der Waals surface area contributed by atoms with Gasteiger partial charge in [0.25, 0.3) is 0 Å². The van der Waals surface area contributed by atoms with Crippen molar-refractivity contribution >= 4 is 10.9 Å². The predicted molar refractivity (Wildman–Crippen MR) is 84.0 cm³/mol. The minimum atomic E-state index is 0.612. The van der Waals surface area contributed by atoms with Gasteiger partial charge in [0.15, 0.2) is 0 Å². The third kappa shape index (κ3) is 1.49. The quantitative estimate of drug-likeness (QED) is 0.817. The van der Waals surface area contributed by atoms with Crippen LogP contribution in [0.3, 0.4) is 0 Å². The van der Waals surface area contributed by atoms with Crippen molar-refractivity contribution < 1.29 is 0 Å². The summed E-state index contributed by atoms with van der Waals surface area (Å²) in [6.07, 6.45) is 2.64. The summed E-state index contributed by atoms with van der Waals surface area (Å²) < 4.78 is 0. The van der Waals surface area contributed by atoms with Crippen LogP contribution in [0, 0.1) is 11.8 Å². The van der Waals surface area contributed by atoms with Crippen molar-refractivity contribution in [2.75, 3.05) is 13.6 Å². The highest BCUT2D eigenvalue weighted by molar-refractivity contribution is 5.85. The van der Waals surface area contributed by atoms with Crippen molar-refractivity contribution in [3.8, 4) is 0 Å². The van der Waals surface area contributed by atoms with E-state index < -0.39 is 0 Å². The van der Waals surface area contributed by atoms with Crippen molar-refractivity contribution in [1.82, 2.24) is 9.88 Å².